The van der Waals surface area contributed by atoms with Crippen LogP contribution in [0.15, 0.2) is 21.5 Å². The maximum atomic E-state index is 13.3. The first kappa shape index (κ1) is 18.3. The van der Waals surface area contributed by atoms with Crippen molar-refractivity contribution in [3.05, 3.63) is 23.3 Å². The lowest BCUT2D eigenvalue weighted by Crippen LogP contribution is -2.09. The highest BCUT2D eigenvalue weighted by atomic mass is 32.2. The number of nitrogens with zero attached hydrogens (tertiary/aromatic N) is 4. The van der Waals surface area contributed by atoms with Crippen LogP contribution in [0.25, 0.3) is 0 Å². The van der Waals surface area contributed by atoms with Crippen LogP contribution in [-0.2, 0) is 15.9 Å². The number of alkyl halides is 3. The van der Waals surface area contributed by atoms with Crippen molar-refractivity contribution in [2.24, 2.45) is 9.36 Å². The monoisotopic (exact) mass is 358 g/mol. The second-order valence-corrected chi connectivity index (χ2v) is 8.23. The molecule has 0 unspecified atom stereocenters. The smallest absolute Gasteiger partial charge is 0.369 e. The summed E-state index contributed by atoms with van der Waals surface area (Å²) in [6.07, 6.45) is -1.93. The first-order valence-corrected chi connectivity index (χ1v) is 9.08. The SMILES string of the molecule is CN(C)/C=N\c1cc(N=S2(=O)CCCC2)cc(C(F)(F)F)c1C#N. The molecule has 9 heteroatoms. The first-order chi connectivity index (χ1) is 11.1. The predicted octanol–water partition coefficient (Wildman–Crippen LogP) is 3.69. The van der Waals surface area contributed by atoms with Crippen LogP contribution in [0.3, 0.4) is 0 Å². The number of hydrogen-bond donors (Lipinski definition) is 0. The van der Waals surface area contributed by atoms with E-state index in [-0.39, 0.29) is 11.4 Å². The molecular weight excluding hydrogens is 341 g/mol. The second kappa shape index (κ2) is 6.81. The van der Waals surface area contributed by atoms with E-state index in [1.807, 2.05) is 0 Å². The van der Waals surface area contributed by atoms with Gasteiger partial charge in [-0.25, -0.2) is 9.20 Å². The molecule has 0 spiro atoms. The molecule has 0 amide bonds. The summed E-state index contributed by atoms with van der Waals surface area (Å²) < 4.78 is 56.4. The Kier molecular flexibility index (Phi) is 5.18. The molecule has 1 aliphatic heterocycles. The summed E-state index contributed by atoms with van der Waals surface area (Å²) in [4.78, 5) is 5.47. The predicted molar refractivity (Wildman–Crippen MR) is 87.2 cm³/mol. The van der Waals surface area contributed by atoms with Crippen molar-refractivity contribution in [1.82, 2.24) is 4.90 Å². The summed E-state index contributed by atoms with van der Waals surface area (Å²) in [6, 6.07) is 3.61. The van der Waals surface area contributed by atoms with Crippen LogP contribution in [0.1, 0.15) is 24.0 Å². The average Bonchev–Trinajstić information content (AvgIpc) is 2.89. The van der Waals surface area contributed by atoms with Gasteiger partial charge in [0.05, 0.1) is 38.6 Å². The molecule has 0 aromatic heterocycles. The quantitative estimate of drug-likeness (QED) is 0.611. The van der Waals surface area contributed by atoms with E-state index in [4.69, 9.17) is 5.26 Å². The first-order valence-electron chi connectivity index (χ1n) is 7.23. The number of hydrogen-bond acceptors (Lipinski definition) is 4. The van der Waals surface area contributed by atoms with Crippen molar-refractivity contribution in [3.8, 4) is 6.07 Å². The maximum Gasteiger partial charge on any atom is 0.417 e. The zero-order valence-electron chi connectivity index (χ0n) is 13.3. The van der Waals surface area contributed by atoms with Crippen molar-refractivity contribution in [2.75, 3.05) is 25.6 Å². The minimum absolute atomic E-state index is 0.0564. The third-order valence-electron chi connectivity index (χ3n) is 3.40. The van der Waals surface area contributed by atoms with Gasteiger partial charge in [-0.3, -0.25) is 0 Å². The van der Waals surface area contributed by atoms with Gasteiger partial charge in [-0.1, -0.05) is 0 Å². The van der Waals surface area contributed by atoms with Crippen LogP contribution in [0.5, 0.6) is 0 Å². The zero-order chi connectivity index (χ0) is 18.0. The Morgan fingerprint density at radius 1 is 1.29 bits per heavy atom. The zero-order valence-corrected chi connectivity index (χ0v) is 14.1. The molecule has 0 aliphatic carbocycles. The van der Waals surface area contributed by atoms with Crippen LogP contribution in [0.4, 0.5) is 24.5 Å². The third kappa shape index (κ3) is 4.26. The van der Waals surface area contributed by atoms with Crippen molar-refractivity contribution < 1.29 is 17.4 Å². The van der Waals surface area contributed by atoms with Gasteiger partial charge in [-0.15, -0.1) is 0 Å². The van der Waals surface area contributed by atoms with E-state index >= 15 is 0 Å². The summed E-state index contributed by atoms with van der Waals surface area (Å²) >= 11 is 0. The van der Waals surface area contributed by atoms with Crippen molar-refractivity contribution >= 4 is 27.4 Å². The molecule has 1 heterocycles. The standard InChI is InChI=1S/C15H17F3N4OS/c1-22(2)10-20-14-8-11(21-24(23)5-3-4-6-24)7-13(12(14)9-19)15(16,17)18/h7-8,10H,3-6H2,1-2H3/b20-10-. The number of rotatable bonds is 3. The molecule has 1 saturated heterocycles. The number of nitriles is 1. The lowest BCUT2D eigenvalue weighted by atomic mass is 10.0. The molecular formula is C15H17F3N4OS. The highest BCUT2D eigenvalue weighted by molar-refractivity contribution is 7.93. The molecule has 24 heavy (non-hydrogen) atoms. The molecule has 0 atom stereocenters. The molecule has 1 fully saturated rings. The van der Waals surface area contributed by atoms with E-state index in [2.05, 4.69) is 9.36 Å². The summed E-state index contributed by atoms with van der Waals surface area (Å²) in [5, 5.41) is 9.13. The normalized spacial score (nSPS) is 17.0. The molecule has 0 N–H and O–H groups in total. The van der Waals surface area contributed by atoms with Crippen LogP contribution in [0.2, 0.25) is 0 Å². The van der Waals surface area contributed by atoms with Gasteiger partial charge < -0.3 is 4.90 Å². The van der Waals surface area contributed by atoms with Crippen molar-refractivity contribution in [3.63, 3.8) is 0 Å². The van der Waals surface area contributed by atoms with Crippen molar-refractivity contribution in [1.29, 1.82) is 5.26 Å². The molecule has 5 nitrogen and oxygen atoms in total. The molecule has 1 aromatic rings. The van der Waals surface area contributed by atoms with Crippen LogP contribution in [-0.4, -0.2) is 41.0 Å². The van der Waals surface area contributed by atoms with Gasteiger partial charge in [0, 0.05) is 25.6 Å². The fourth-order valence-corrected chi connectivity index (χ4v) is 4.51. The molecule has 1 aliphatic rings. The van der Waals surface area contributed by atoms with E-state index in [1.54, 1.807) is 20.2 Å². The third-order valence-corrected chi connectivity index (χ3v) is 5.79. The summed E-state index contributed by atoms with van der Waals surface area (Å²) in [5.74, 6) is 0.759. The Morgan fingerprint density at radius 2 is 1.92 bits per heavy atom. The molecule has 1 aromatic carbocycles. The lowest BCUT2D eigenvalue weighted by molar-refractivity contribution is -0.137. The molecule has 130 valence electrons. The van der Waals surface area contributed by atoms with Gasteiger partial charge >= 0.3 is 6.18 Å². The van der Waals surface area contributed by atoms with Gasteiger partial charge in [0.1, 0.15) is 6.07 Å². The Balaban J connectivity index is 2.68. The van der Waals surface area contributed by atoms with E-state index in [0.29, 0.717) is 11.5 Å². The maximum absolute atomic E-state index is 13.3. The van der Waals surface area contributed by atoms with Gasteiger partial charge in [0.2, 0.25) is 0 Å². The van der Waals surface area contributed by atoms with Gasteiger partial charge in [-0.05, 0) is 25.0 Å². The number of benzene rings is 1. The van der Waals surface area contributed by atoms with Crippen molar-refractivity contribution in [2.45, 2.75) is 19.0 Å². The molecule has 2 rings (SSSR count). The van der Waals surface area contributed by atoms with Crippen LogP contribution < -0.4 is 0 Å². The van der Waals surface area contributed by atoms with E-state index < -0.39 is 27.0 Å². The van der Waals surface area contributed by atoms with Gasteiger partial charge in [-0.2, -0.15) is 22.8 Å². The lowest BCUT2D eigenvalue weighted by Gasteiger charge is -2.12. The number of halogens is 3. The van der Waals surface area contributed by atoms with Crippen LogP contribution in [0, 0.1) is 11.3 Å². The van der Waals surface area contributed by atoms with E-state index in [1.165, 1.54) is 17.3 Å². The fourth-order valence-electron chi connectivity index (χ4n) is 2.33. The highest BCUT2D eigenvalue weighted by Gasteiger charge is 2.35. The Morgan fingerprint density at radius 3 is 2.42 bits per heavy atom. The Labute approximate surface area is 139 Å². The van der Waals surface area contributed by atoms with Gasteiger partial charge in [0.15, 0.2) is 0 Å². The fraction of sp³-hybridized carbons (Fsp3) is 0.467. The minimum atomic E-state index is -4.72. The van der Waals surface area contributed by atoms with E-state index in [9.17, 15) is 17.4 Å². The summed E-state index contributed by atoms with van der Waals surface area (Å²) in [7, 11) is 0.789. The highest BCUT2D eigenvalue weighted by Crippen LogP contribution is 2.39. The molecule has 0 saturated carbocycles. The minimum Gasteiger partial charge on any atom is -0.369 e. The van der Waals surface area contributed by atoms with Gasteiger partial charge in [0.25, 0.3) is 0 Å². The average molecular weight is 358 g/mol. The van der Waals surface area contributed by atoms with E-state index in [0.717, 1.165) is 18.9 Å². The van der Waals surface area contributed by atoms with Crippen LogP contribution >= 0.6 is 0 Å². The molecule has 0 bridgehead atoms. The number of aliphatic imine (C=N–C) groups is 1. The Hall–Kier alpha value is -2.08. The molecule has 0 radical (unpaired) electrons. The summed E-state index contributed by atoms with van der Waals surface area (Å²) in [5.41, 5.74) is -1.88. The largest absolute Gasteiger partial charge is 0.417 e. The second-order valence-electron chi connectivity index (χ2n) is 5.68. The topological polar surface area (TPSA) is 68.8 Å². The summed E-state index contributed by atoms with van der Waals surface area (Å²) in [6.45, 7) is 0. The Bertz CT molecular complexity index is 803.